The average molecular weight is 351 g/mol. The van der Waals surface area contributed by atoms with Gasteiger partial charge < -0.3 is 0 Å². The predicted octanol–water partition coefficient (Wildman–Crippen LogP) is 3.89. The number of hydrogen-bond donors (Lipinski definition) is 0. The molecule has 0 fully saturated rings. The van der Waals surface area contributed by atoms with Crippen molar-refractivity contribution in [3.8, 4) is 0 Å². The Kier molecular flexibility index (Phi) is 6.71. The SMILES string of the molecule is CC(F)(F)C(F)(F)C(F)(F)C(F)F.O=S(=O)(Cl)Cl. The molecule has 2 nitrogen and oxygen atoms in total. The zero-order valence-electron chi connectivity index (χ0n) is 8.08. The van der Waals surface area contributed by atoms with Crippen molar-refractivity contribution in [3.63, 3.8) is 0 Å². The normalized spacial score (nSPS) is 14.2. The lowest BCUT2D eigenvalue weighted by atomic mass is 10.1. The first kappa shape index (κ1) is 20.3. The molecular weight excluding hydrogens is 347 g/mol. The first-order valence-corrected chi connectivity index (χ1v) is 6.64. The lowest BCUT2D eigenvalue weighted by Crippen LogP contribution is -2.56. The van der Waals surface area contributed by atoms with Crippen LogP contribution in [0.4, 0.5) is 35.1 Å². The highest BCUT2D eigenvalue weighted by Gasteiger charge is 2.73. The maximum Gasteiger partial charge on any atom is 0.377 e. The summed E-state index contributed by atoms with van der Waals surface area (Å²) in [5.74, 6) is -17.3. The van der Waals surface area contributed by atoms with Gasteiger partial charge in [-0.15, -0.1) is 0 Å². The lowest BCUT2D eigenvalue weighted by Gasteiger charge is -2.29. The molecule has 0 saturated carbocycles. The predicted molar refractivity (Wildman–Crippen MR) is 47.1 cm³/mol. The Labute approximate surface area is 105 Å². The van der Waals surface area contributed by atoms with Gasteiger partial charge in [-0.05, 0) is 0 Å². The van der Waals surface area contributed by atoms with Crippen LogP contribution in [0, 0.1) is 0 Å². The third-order valence-electron chi connectivity index (χ3n) is 1.24. The molecule has 0 atom stereocenters. The molecule has 0 aliphatic rings. The maximum atomic E-state index is 12.0. The molecule has 0 N–H and O–H groups in total. The van der Waals surface area contributed by atoms with Crippen molar-refractivity contribution in [3.05, 3.63) is 0 Å². The van der Waals surface area contributed by atoms with E-state index in [1.807, 2.05) is 0 Å². The first-order chi connectivity index (χ1) is 7.44. The summed E-state index contributed by atoms with van der Waals surface area (Å²) in [7, 11) is 4.81. The molecule has 0 unspecified atom stereocenters. The monoisotopic (exact) mass is 350 g/mol. The van der Waals surface area contributed by atoms with Crippen molar-refractivity contribution < 1.29 is 43.5 Å². The van der Waals surface area contributed by atoms with E-state index in [1.165, 1.54) is 0 Å². The van der Waals surface area contributed by atoms with Crippen LogP contribution in [-0.4, -0.2) is 32.6 Å². The van der Waals surface area contributed by atoms with Gasteiger partial charge in [-0.3, -0.25) is 0 Å². The molecule has 0 aromatic carbocycles. The summed E-state index contributed by atoms with van der Waals surface area (Å²) < 4.78 is 112. The maximum absolute atomic E-state index is 12.0. The molecule has 0 amide bonds. The molecule has 0 spiro atoms. The van der Waals surface area contributed by atoms with Crippen molar-refractivity contribution in [1.82, 2.24) is 0 Å². The molecule has 0 rings (SSSR count). The Morgan fingerprint density at radius 1 is 0.944 bits per heavy atom. The van der Waals surface area contributed by atoms with Crippen LogP contribution in [-0.2, 0) is 8.26 Å². The van der Waals surface area contributed by atoms with Crippen LogP contribution < -0.4 is 0 Å². The molecule has 0 saturated heterocycles. The Bertz CT molecular complexity index is 354. The minimum atomic E-state index is -6.06. The van der Waals surface area contributed by atoms with Gasteiger partial charge in [0.2, 0.25) is 0 Å². The van der Waals surface area contributed by atoms with E-state index in [0.717, 1.165) is 0 Å². The van der Waals surface area contributed by atoms with Crippen molar-refractivity contribution in [2.45, 2.75) is 31.1 Å². The van der Waals surface area contributed by atoms with E-state index >= 15 is 0 Å². The van der Waals surface area contributed by atoms with Crippen molar-refractivity contribution in [2.75, 3.05) is 0 Å². The van der Waals surface area contributed by atoms with Gasteiger partial charge in [0.25, 0.3) is 0 Å². The van der Waals surface area contributed by atoms with Crippen LogP contribution in [0.1, 0.15) is 6.92 Å². The molecule has 0 radical (unpaired) electrons. The summed E-state index contributed by atoms with van der Waals surface area (Å²) in [4.78, 5) is 0. The van der Waals surface area contributed by atoms with Crippen molar-refractivity contribution in [2.24, 2.45) is 0 Å². The minimum Gasteiger partial charge on any atom is -0.203 e. The van der Waals surface area contributed by atoms with Gasteiger partial charge in [0.15, 0.2) is 0 Å². The van der Waals surface area contributed by atoms with Crippen LogP contribution in [0.3, 0.4) is 0 Å². The van der Waals surface area contributed by atoms with E-state index in [2.05, 4.69) is 21.4 Å². The second-order valence-corrected chi connectivity index (χ2v) is 6.43. The molecule has 112 valence electrons. The number of alkyl halides is 8. The molecule has 13 heteroatoms. The summed E-state index contributed by atoms with van der Waals surface area (Å²) in [6.45, 7) is -0.552. The van der Waals surface area contributed by atoms with Gasteiger partial charge in [-0.2, -0.15) is 34.8 Å². The minimum absolute atomic E-state index is 0.552. The van der Waals surface area contributed by atoms with Gasteiger partial charge in [0, 0.05) is 28.3 Å². The molecule has 0 aromatic heterocycles. The standard InChI is InChI=1S/C5H4F8.Cl2O2S/c1-3(8,9)5(12,13)4(10,11)2(6)7;1-5(2,3)4/h2H,1H3;. The van der Waals surface area contributed by atoms with Crippen molar-refractivity contribution in [1.29, 1.82) is 0 Å². The van der Waals surface area contributed by atoms with Crippen LogP contribution in [0.15, 0.2) is 0 Å². The fourth-order valence-corrected chi connectivity index (χ4v) is 0.430. The third-order valence-corrected chi connectivity index (χ3v) is 1.24. The summed E-state index contributed by atoms with van der Waals surface area (Å²) in [5.41, 5.74) is 0. The van der Waals surface area contributed by atoms with E-state index in [-0.39, 0.29) is 0 Å². The molecule has 0 aliphatic carbocycles. The smallest absolute Gasteiger partial charge is 0.203 e. The molecular formula is C5H4Cl2F8O2S. The van der Waals surface area contributed by atoms with Crippen LogP contribution in [0.2, 0.25) is 0 Å². The lowest BCUT2D eigenvalue weighted by molar-refractivity contribution is -0.333. The van der Waals surface area contributed by atoms with E-state index in [4.69, 9.17) is 8.42 Å². The summed E-state index contributed by atoms with van der Waals surface area (Å²) in [5, 5.41) is 0. The molecule has 0 bridgehead atoms. The second kappa shape index (κ2) is 5.95. The van der Waals surface area contributed by atoms with Gasteiger partial charge >= 0.3 is 32.5 Å². The fraction of sp³-hybridized carbons (Fsp3) is 1.00. The van der Waals surface area contributed by atoms with E-state index in [0.29, 0.717) is 0 Å². The molecule has 18 heavy (non-hydrogen) atoms. The fourth-order valence-electron chi connectivity index (χ4n) is 0.430. The number of halogens is 10. The highest BCUT2D eigenvalue weighted by Crippen LogP contribution is 2.47. The Morgan fingerprint density at radius 2 is 1.17 bits per heavy atom. The Morgan fingerprint density at radius 3 is 1.22 bits per heavy atom. The molecule has 0 heterocycles. The summed E-state index contributed by atoms with van der Waals surface area (Å²) in [6.07, 6.45) is -4.84. The number of hydrogen-bond acceptors (Lipinski definition) is 2. The van der Waals surface area contributed by atoms with Gasteiger partial charge in [0.1, 0.15) is 0 Å². The summed E-state index contributed by atoms with van der Waals surface area (Å²) in [6, 6.07) is 0. The molecule has 0 aliphatic heterocycles. The number of rotatable bonds is 3. The van der Waals surface area contributed by atoms with Crippen LogP contribution >= 0.6 is 21.4 Å². The zero-order valence-corrected chi connectivity index (χ0v) is 10.4. The second-order valence-electron chi connectivity index (χ2n) is 2.76. The first-order valence-electron chi connectivity index (χ1n) is 3.50. The molecule has 0 aromatic rings. The van der Waals surface area contributed by atoms with Gasteiger partial charge in [-0.25, -0.2) is 8.78 Å². The van der Waals surface area contributed by atoms with Crippen LogP contribution in [0.25, 0.3) is 0 Å². The van der Waals surface area contributed by atoms with E-state index in [9.17, 15) is 35.1 Å². The average Bonchev–Trinajstić information content (AvgIpc) is 1.97. The van der Waals surface area contributed by atoms with Gasteiger partial charge in [0.05, 0.1) is 0 Å². The Hall–Kier alpha value is -0.0300. The van der Waals surface area contributed by atoms with E-state index in [1.54, 1.807) is 0 Å². The highest BCUT2D eigenvalue weighted by atomic mass is 36.0. The van der Waals surface area contributed by atoms with Crippen molar-refractivity contribution >= 4 is 29.6 Å². The quantitative estimate of drug-likeness (QED) is 0.571. The third kappa shape index (κ3) is 6.23. The Balaban J connectivity index is 0. The van der Waals surface area contributed by atoms with Crippen LogP contribution in [0.5, 0.6) is 0 Å². The zero-order chi connectivity index (χ0) is 15.6. The topological polar surface area (TPSA) is 34.1 Å². The largest absolute Gasteiger partial charge is 0.377 e. The summed E-state index contributed by atoms with van der Waals surface area (Å²) >= 11 is 0. The highest BCUT2D eigenvalue weighted by molar-refractivity contribution is 8.31. The van der Waals surface area contributed by atoms with Gasteiger partial charge in [-0.1, -0.05) is 0 Å². The van der Waals surface area contributed by atoms with E-state index < -0.39 is 39.4 Å².